The zero-order valence-corrected chi connectivity index (χ0v) is 14.9. The number of amides is 1. The van der Waals surface area contributed by atoms with Crippen LogP contribution in [0.2, 0.25) is 0 Å². The summed E-state index contributed by atoms with van der Waals surface area (Å²) in [7, 11) is 1.50. The van der Waals surface area contributed by atoms with Crippen LogP contribution in [0.3, 0.4) is 0 Å². The molecule has 0 unspecified atom stereocenters. The molecule has 2 aromatic carbocycles. The average Bonchev–Trinajstić information content (AvgIpc) is 2.58. The van der Waals surface area contributed by atoms with Crippen molar-refractivity contribution < 1.29 is 19.2 Å². The minimum Gasteiger partial charge on any atom is -0.493 e. The minimum atomic E-state index is -0.548. The molecule has 0 bridgehead atoms. The molecule has 0 fully saturated rings. The van der Waals surface area contributed by atoms with Crippen LogP contribution in [-0.4, -0.2) is 17.9 Å². The summed E-state index contributed by atoms with van der Waals surface area (Å²) in [5.74, 6) is 0.408. The smallest absolute Gasteiger partial charge is 0.269 e. The maximum atomic E-state index is 10.8. The van der Waals surface area contributed by atoms with E-state index in [9.17, 15) is 14.9 Å². The highest BCUT2D eigenvalue weighted by Gasteiger charge is 2.12. The van der Waals surface area contributed by atoms with Gasteiger partial charge in [0.25, 0.3) is 5.69 Å². The van der Waals surface area contributed by atoms with E-state index in [1.807, 2.05) is 0 Å². The fourth-order valence-electron chi connectivity index (χ4n) is 2.02. The number of ether oxygens (including phenoxy) is 2. The molecule has 25 heavy (non-hydrogen) atoms. The highest BCUT2D eigenvalue weighted by atomic mass is 79.9. The number of nitrogens with two attached hydrogens (primary N) is 1. The first-order chi connectivity index (χ1) is 11.9. The molecule has 0 aromatic heterocycles. The fraction of sp³-hybridized carbons (Fsp3) is 0.118. The van der Waals surface area contributed by atoms with Crippen molar-refractivity contribution in [2.24, 2.45) is 5.73 Å². The summed E-state index contributed by atoms with van der Waals surface area (Å²) in [6.45, 7) is 0.212. The van der Waals surface area contributed by atoms with Crippen molar-refractivity contribution >= 4 is 33.6 Å². The Morgan fingerprint density at radius 2 is 2.00 bits per heavy atom. The van der Waals surface area contributed by atoms with Gasteiger partial charge in [-0.3, -0.25) is 14.9 Å². The van der Waals surface area contributed by atoms with Gasteiger partial charge in [-0.15, -0.1) is 0 Å². The number of carbonyl (C=O) groups is 1. The van der Waals surface area contributed by atoms with E-state index in [0.717, 1.165) is 5.56 Å². The second-order valence-corrected chi connectivity index (χ2v) is 5.84. The molecule has 0 spiro atoms. The van der Waals surface area contributed by atoms with Crippen molar-refractivity contribution in [3.8, 4) is 11.5 Å². The normalized spacial score (nSPS) is 10.6. The predicted octanol–water partition coefficient (Wildman–Crippen LogP) is 3.44. The van der Waals surface area contributed by atoms with Crippen LogP contribution < -0.4 is 15.2 Å². The van der Waals surface area contributed by atoms with Gasteiger partial charge in [0.05, 0.1) is 16.5 Å². The van der Waals surface area contributed by atoms with Crippen LogP contribution in [0.15, 0.2) is 46.9 Å². The standard InChI is InChI=1S/C17H15BrN2O5/c1-24-15-9-12(4-7-16(19)21)8-14(18)17(15)25-10-11-2-5-13(6-3-11)20(22)23/h2-9H,10H2,1H3,(H2,19,21)/b7-4+. The summed E-state index contributed by atoms with van der Waals surface area (Å²) in [4.78, 5) is 21.0. The van der Waals surface area contributed by atoms with Crippen LogP contribution in [0.5, 0.6) is 11.5 Å². The third-order valence-electron chi connectivity index (χ3n) is 3.22. The number of methoxy groups -OCH3 is 1. The van der Waals surface area contributed by atoms with Gasteiger partial charge in [-0.25, -0.2) is 0 Å². The maximum Gasteiger partial charge on any atom is 0.269 e. The lowest BCUT2D eigenvalue weighted by atomic mass is 10.2. The second-order valence-electron chi connectivity index (χ2n) is 4.98. The summed E-state index contributed by atoms with van der Waals surface area (Å²) in [6.07, 6.45) is 2.81. The first-order valence-corrected chi connectivity index (χ1v) is 7.91. The molecule has 7 nitrogen and oxygen atoms in total. The molecular weight excluding hydrogens is 392 g/mol. The van der Waals surface area contributed by atoms with Crippen LogP contribution in [0.25, 0.3) is 6.08 Å². The molecule has 0 heterocycles. The van der Waals surface area contributed by atoms with Crippen LogP contribution in [0.1, 0.15) is 11.1 Å². The Morgan fingerprint density at radius 1 is 1.32 bits per heavy atom. The van der Waals surface area contributed by atoms with E-state index in [2.05, 4.69) is 15.9 Å². The van der Waals surface area contributed by atoms with Crippen LogP contribution in [0, 0.1) is 10.1 Å². The predicted molar refractivity (Wildman–Crippen MR) is 96.4 cm³/mol. The molecule has 0 atom stereocenters. The molecular formula is C17H15BrN2O5. The SMILES string of the molecule is COc1cc(/C=C/C(N)=O)cc(Br)c1OCc1ccc([N+](=O)[O-])cc1. The van der Waals surface area contributed by atoms with E-state index < -0.39 is 10.8 Å². The molecule has 0 radical (unpaired) electrons. The number of carbonyl (C=O) groups excluding carboxylic acids is 1. The van der Waals surface area contributed by atoms with Gasteiger partial charge >= 0.3 is 0 Å². The molecule has 130 valence electrons. The molecule has 0 saturated carbocycles. The van der Waals surface area contributed by atoms with Gasteiger partial charge in [-0.2, -0.15) is 0 Å². The quantitative estimate of drug-likeness (QED) is 0.430. The lowest BCUT2D eigenvalue weighted by Crippen LogP contribution is -2.05. The first kappa shape index (κ1) is 18.5. The van der Waals surface area contributed by atoms with Gasteiger partial charge in [0.1, 0.15) is 6.61 Å². The van der Waals surface area contributed by atoms with Crippen molar-refractivity contribution in [1.82, 2.24) is 0 Å². The number of halogens is 1. The van der Waals surface area contributed by atoms with Gasteiger partial charge in [0, 0.05) is 18.2 Å². The monoisotopic (exact) mass is 406 g/mol. The summed E-state index contributed by atoms with van der Waals surface area (Å²) >= 11 is 3.41. The number of non-ortho nitro benzene ring substituents is 1. The van der Waals surface area contributed by atoms with Gasteiger partial charge in [0.2, 0.25) is 5.91 Å². The number of hydrogen-bond acceptors (Lipinski definition) is 5. The Hall–Kier alpha value is -2.87. The second kappa shape index (κ2) is 8.29. The maximum absolute atomic E-state index is 10.8. The molecule has 0 aliphatic heterocycles. The van der Waals surface area contributed by atoms with E-state index >= 15 is 0 Å². The highest BCUT2D eigenvalue weighted by molar-refractivity contribution is 9.10. The fourth-order valence-corrected chi connectivity index (χ4v) is 2.60. The molecule has 2 rings (SSSR count). The van der Waals surface area contributed by atoms with Gasteiger partial charge in [-0.1, -0.05) is 0 Å². The van der Waals surface area contributed by atoms with Crippen molar-refractivity contribution in [3.63, 3.8) is 0 Å². The first-order valence-electron chi connectivity index (χ1n) is 7.12. The largest absolute Gasteiger partial charge is 0.493 e. The molecule has 8 heteroatoms. The van der Waals surface area contributed by atoms with Crippen LogP contribution >= 0.6 is 15.9 Å². The molecule has 0 saturated heterocycles. The van der Waals surface area contributed by atoms with E-state index in [4.69, 9.17) is 15.2 Å². The minimum absolute atomic E-state index is 0.0214. The van der Waals surface area contributed by atoms with Crippen molar-refractivity contribution in [3.05, 3.63) is 68.2 Å². The van der Waals surface area contributed by atoms with Crippen LogP contribution in [0.4, 0.5) is 5.69 Å². The van der Waals surface area contributed by atoms with Crippen molar-refractivity contribution in [2.75, 3.05) is 7.11 Å². The van der Waals surface area contributed by atoms with E-state index in [-0.39, 0.29) is 12.3 Å². The molecule has 1 amide bonds. The summed E-state index contributed by atoms with van der Waals surface area (Å²) in [6, 6.07) is 9.55. The topological polar surface area (TPSA) is 105 Å². The summed E-state index contributed by atoms with van der Waals surface area (Å²) in [5, 5.41) is 10.7. The number of hydrogen-bond donors (Lipinski definition) is 1. The molecule has 2 N–H and O–H groups in total. The lowest BCUT2D eigenvalue weighted by Gasteiger charge is -2.13. The Bertz CT molecular complexity index is 819. The Labute approximate surface area is 152 Å². The zero-order valence-electron chi connectivity index (χ0n) is 13.3. The van der Waals surface area contributed by atoms with Gasteiger partial charge in [-0.05, 0) is 57.4 Å². The van der Waals surface area contributed by atoms with Gasteiger partial charge in [0.15, 0.2) is 11.5 Å². The number of primary amides is 1. The number of rotatable bonds is 7. The third kappa shape index (κ3) is 5.05. The molecule has 2 aromatic rings. The molecule has 0 aliphatic rings. The summed E-state index contributed by atoms with van der Waals surface area (Å²) < 4.78 is 11.7. The number of nitrogens with zero attached hydrogens (tertiary/aromatic N) is 1. The zero-order chi connectivity index (χ0) is 18.4. The Morgan fingerprint density at radius 3 is 2.56 bits per heavy atom. The van der Waals surface area contributed by atoms with Gasteiger partial charge < -0.3 is 15.2 Å². The van der Waals surface area contributed by atoms with Crippen LogP contribution in [-0.2, 0) is 11.4 Å². The lowest BCUT2D eigenvalue weighted by molar-refractivity contribution is -0.384. The Balaban J connectivity index is 2.18. The highest BCUT2D eigenvalue weighted by Crippen LogP contribution is 2.37. The van der Waals surface area contributed by atoms with E-state index in [1.54, 1.807) is 30.3 Å². The average molecular weight is 407 g/mol. The summed E-state index contributed by atoms with van der Waals surface area (Å²) in [5.41, 5.74) is 6.59. The van der Waals surface area contributed by atoms with Crippen molar-refractivity contribution in [2.45, 2.75) is 6.61 Å². The van der Waals surface area contributed by atoms with Crippen molar-refractivity contribution in [1.29, 1.82) is 0 Å². The molecule has 0 aliphatic carbocycles. The number of nitro groups is 1. The number of benzene rings is 2. The third-order valence-corrected chi connectivity index (χ3v) is 3.81. The Kier molecular flexibility index (Phi) is 6.13. The number of nitro benzene ring substituents is 1. The van der Waals surface area contributed by atoms with E-state index in [0.29, 0.717) is 21.5 Å². The van der Waals surface area contributed by atoms with E-state index in [1.165, 1.54) is 25.3 Å².